The van der Waals surface area contributed by atoms with E-state index < -0.39 is 15.9 Å². The van der Waals surface area contributed by atoms with Crippen LogP contribution in [0.2, 0.25) is 0 Å². The average molecular weight is 483 g/mol. The van der Waals surface area contributed by atoms with E-state index in [4.69, 9.17) is 0 Å². The fourth-order valence-electron chi connectivity index (χ4n) is 4.62. The van der Waals surface area contributed by atoms with Crippen molar-refractivity contribution in [3.63, 3.8) is 0 Å². The first-order chi connectivity index (χ1) is 16.2. The molecule has 1 amide bonds. The van der Waals surface area contributed by atoms with Gasteiger partial charge >= 0.3 is 0 Å². The minimum atomic E-state index is -3.60. The average Bonchev–Trinajstić information content (AvgIpc) is 2.80. The van der Waals surface area contributed by atoms with Crippen LogP contribution in [0.4, 0.5) is 5.69 Å². The molecule has 0 bridgehead atoms. The molecule has 2 atom stereocenters. The molecule has 0 radical (unpaired) electrons. The van der Waals surface area contributed by atoms with Gasteiger partial charge in [0.25, 0.3) is 11.5 Å². The van der Waals surface area contributed by atoms with Crippen molar-refractivity contribution in [1.29, 1.82) is 0 Å². The first-order valence-corrected chi connectivity index (χ1v) is 13.1. The number of hydrogen-bond donors (Lipinski definition) is 1. The molecule has 180 valence electrons. The third-order valence-electron chi connectivity index (χ3n) is 6.10. The number of nitrogens with one attached hydrogen (secondary N) is 1. The summed E-state index contributed by atoms with van der Waals surface area (Å²) in [6.45, 7) is 7.50. The number of benzene rings is 2. The summed E-state index contributed by atoms with van der Waals surface area (Å²) >= 11 is 0. The number of sulfonamides is 1. The molecule has 2 aromatic carbocycles. The van der Waals surface area contributed by atoms with Gasteiger partial charge in [0.15, 0.2) is 5.69 Å². The molecule has 1 aliphatic heterocycles. The summed E-state index contributed by atoms with van der Waals surface area (Å²) < 4.78 is 29.1. The molecule has 1 saturated heterocycles. The van der Waals surface area contributed by atoms with Gasteiger partial charge in [-0.05, 0) is 55.0 Å². The molecular weight excluding hydrogens is 452 g/mol. The Morgan fingerprint density at radius 3 is 2.26 bits per heavy atom. The zero-order chi connectivity index (χ0) is 24.5. The van der Waals surface area contributed by atoms with Gasteiger partial charge in [-0.25, -0.2) is 13.1 Å². The lowest BCUT2D eigenvalue weighted by Crippen LogP contribution is -2.42. The lowest BCUT2D eigenvalue weighted by molar-refractivity contribution is 0.102. The van der Waals surface area contributed by atoms with Gasteiger partial charge in [0.05, 0.1) is 10.3 Å². The molecule has 9 heteroatoms. The number of carbonyl (C=O) groups is 1. The largest absolute Gasteiger partial charge is 0.321 e. The Balaban J connectivity index is 1.59. The fraction of sp³-hybridized carbons (Fsp3) is 0.400. The van der Waals surface area contributed by atoms with Crippen molar-refractivity contribution in [2.24, 2.45) is 11.8 Å². The summed E-state index contributed by atoms with van der Waals surface area (Å²) in [4.78, 5) is 25.9. The Hall–Kier alpha value is -3.04. The molecule has 0 spiro atoms. The van der Waals surface area contributed by atoms with E-state index in [1.807, 2.05) is 6.92 Å². The molecule has 34 heavy (non-hydrogen) atoms. The number of amides is 1. The van der Waals surface area contributed by atoms with Crippen LogP contribution in [-0.4, -0.2) is 41.5 Å². The molecule has 1 aromatic heterocycles. The number of aryl methyl sites for hydroxylation is 1. The first-order valence-electron chi connectivity index (χ1n) is 11.6. The Kier molecular flexibility index (Phi) is 6.86. The highest BCUT2D eigenvalue weighted by Crippen LogP contribution is 2.27. The van der Waals surface area contributed by atoms with Crippen molar-refractivity contribution >= 4 is 32.4 Å². The second kappa shape index (κ2) is 9.68. The highest BCUT2D eigenvalue weighted by molar-refractivity contribution is 7.89. The number of hydrogen-bond acceptors (Lipinski definition) is 5. The van der Waals surface area contributed by atoms with E-state index in [2.05, 4.69) is 24.3 Å². The molecule has 1 fully saturated rings. The van der Waals surface area contributed by atoms with Crippen molar-refractivity contribution in [3.05, 3.63) is 64.6 Å². The van der Waals surface area contributed by atoms with Gasteiger partial charge in [0.1, 0.15) is 0 Å². The summed E-state index contributed by atoms with van der Waals surface area (Å²) in [6.07, 6.45) is 1.72. The number of anilines is 1. The van der Waals surface area contributed by atoms with Gasteiger partial charge in [0.2, 0.25) is 10.0 Å². The second-order valence-corrected chi connectivity index (χ2v) is 11.1. The van der Waals surface area contributed by atoms with Crippen molar-refractivity contribution in [1.82, 2.24) is 14.1 Å². The molecule has 2 heterocycles. The second-order valence-electron chi connectivity index (χ2n) is 9.17. The Bertz CT molecular complexity index is 1360. The van der Waals surface area contributed by atoms with E-state index in [1.165, 1.54) is 16.8 Å². The quantitative estimate of drug-likeness (QED) is 0.577. The number of piperidine rings is 1. The van der Waals surface area contributed by atoms with Gasteiger partial charge in [-0.15, -0.1) is 0 Å². The predicted molar refractivity (Wildman–Crippen MR) is 132 cm³/mol. The highest BCUT2D eigenvalue weighted by atomic mass is 32.2. The third-order valence-corrected chi connectivity index (χ3v) is 7.95. The van der Waals surface area contributed by atoms with E-state index in [1.54, 1.807) is 40.7 Å². The van der Waals surface area contributed by atoms with Crippen LogP contribution in [0, 0.1) is 11.8 Å². The summed E-state index contributed by atoms with van der Waals surface area (Å²) in [5.41, 5.74) is 0.366. The fourth-order valence-corrected chi connectivity index (χ4v) is 6.30. The molecule has 1 aliphatic rings. The van der Waals surface area contributed by atoms with Crippen LogP contribution in [0.1, 0.15) is 44.1 Å². The van der Waals surface area contributed by atoms with Crippen molar-refractivity contribution in [2.45, 2.75) is 45.1 Å². The van der Waals surface area contributed by atoms with Crippen molar-refractivity contribution < 1.29 is 13.2 Å². The third kappa shape index (κ3) is 4.76. The minimum Gasteiger partial charge on any atom is -0.321 e. The van der Waals surface area contributed by atoms with Crippen LogP contribution in [0.15, 0.2) is 58.2 Å². The van der Waals surface area contributed by atoms with E-state index >= 15 is 0 Å². The van der Waals surface area contributed by atoms with Gasteiger partial charge in [0, 0.05) is 30.7 Å². The van der Waals surface area contributed by atoms with Crippen LogP contribution in [0.25, 0.3) is 10.8 Å². The molecule has 1 N–H and O–H groups in total. The van der Waals surface area contributed by atoms with Crippen LogP contribution in [0.3, 0.4) is 0 Å². The summed E-state index contributed by atoms with van der Waals surface area (Å²) in [5.74, 6) is 0.168. The number of carbonyl (C=O) groups excluding carboxylic acids is 1. The monoisotopic (exact) mass is 482 g/mol. The smallest absolute Gasteiger partial charge is 0.276 e. The lowest BCUT2D eigenvalue weighted by Gasteiger charge is -2.34. The van der Waals surface area contributed by atoms with Crippen LogP contribution in [-0.2, 0) is 16.6 Å². The Morgan fingerprint density at radius 1 is 1.03 bits per heavy atom. The highest BCUT2D eigenvalue weighted by Gasteiger charge is 2.31. The van der Waals surface area contributed by atoms with Crippen molar-refractivity contribution in [3.8, 4) is 0 Å². The Morgan fingerprint density at radius 2 is 1.65 bits per heavy atom. The molecule has 0 unspecified atom stereocenters. The molecule has 8 nitrogen and oxygen atoms in total. The lowest BCUT2D eigenvalue weighted by atomic mass is 9.94. The van der Waals surface area contributed by atoms with Gasteiger partial charge in [-0.1, -0.05) is 39.0 Å². The van der Waals surface area contributed by atoms with Crippen molar-refractivity contribution in [2.75, 3.05) is 18.4 Å². The molecular formula is C25H30N4O4S. The SMILES string of the molecule is CCCn1nc(C(=O)Nc2ccc(S(=O)(=O)N3C[C@H](C)C[C@@H](C)C3)cc2)c2ccccc2c1=O. The van der Waals surface area contributed by atoms with Gasteiger partial charge in [-0.3, -0.25) is 9.59 Å². The van der Waals surface area contributed by atoms with Gasteiger partial charge in [-0.2, -0.15) is 9.40 Å². The normalized spacial score (nSPS) is 19.3. The van der Waals surface area contributed by atoms with Crippen LogP contribution >= 0.6 is 0 Å². The molecule has 4 rings (SSSR count). The zero-order valence-electron chi connectivity index (χ0n) is 19.7. The van der Waals surface area contributed by atoms with Crippen LogP contribution in [0.5, 0.6) is 0 Å². The number of aromatic nitrogens is 2. The maximum atomic E-state index is 13.1. The first kappa shape index (κ1) is 24.1. The van der Waals surface area contributed by atoms with Crippen LogP contribution < -0.4 is 10.9 Å². The van der Waals surface area contributed by atoms with E-state index in [-0.39, 0.29) is 16.1 Å². The standard InChI is InChI=1S/C25H30N4O4S/c1-4-13-29-25(31)22-8-6-5-7-21(22)23(27-29)24(30)26-19-9-11-20(12-10-19)34(32,33)28-15-17(2)14-18(3)16-28/h5-12,17-18H,4,13-16H2,1-3H3,(H,26,30)/t17-,18-/m1/s1. The summed E-state index contributed by atoms with van der Waals surface area (Å²) in [6, 6.07) is 13.1. The summed E-state index contributed by atoms with van der Waals surface area (Å²) in [5, 5.41) is 8.00. The predicted octanol–water partition coefficient (Wildman–Crippen LogP) is 3.73. The molecule has 3 aromatic rings. The number of rotatable bonds is 6. The number of fused-ring (bicyclic) bond motifs is 1. The topological polar surface area (TPSA) is 101 Å². The van der Waals surface area contributed by atoms with E-state index in [0.29, 0.717) is 54.4 Å². The maximum Gasteiger partial charge on any atom is 0.276 e. The van der Waals surface area contributed by atoms with E-state index in [0.717, 1.165) is 6.42 Å². The van der Waals surface area contributed by atoms with E-state index in [9.17, 15) is 18.0 Å². The minimum absolute atomic E-state index is 0.150. The van der Waals surface area contributed by atoms with Gasteiger partial charge < -0.3 is 5.32 Å². The molecule has 0 aliphatic carbocycles. The molecule has 0 saturated carbocycles. The zero-order valence-corrected chi connectivity index (χ0v) is 20.5. The number of nitrogens with zero attached hydrogens (tertiary/aromatic N) is 3. The Labute approximate surface area is 199 Å². The maximum absolute atomic E-state index is 13.1. The summed E-state index contributed by atoms with van der Waals surface area (Å²) in [7, 11) is -3.60.